The number of carbonyl (C=O) groups is 1. The summed E-state index contributed by atoms with van der Waals surface area (Å²) < 4.78 is 1.12. The Kier molecular flexibility index (Phi) is 4.47. The molecule has 22 heavy (non-hydrogen) atoms. The zero-order valence-electron chi connectivity index (χ0n) is 12.5. The highest BCUT2D eigenvalue weighted by molar-refractivity contribution is 9.11. The molecule has 0 aliphatic rings. The summed E-state index contributed by atoms with van der Waals surface area (Å²) >= 11 is 5.17. The Morgan fingerprint density at radius 1 is 1.27 bits per heavy atom. The second kappa shape index (κ2) is 6.36. The zero-order chi connectivity index (χ0) is 15.7. The molecule has 0 saturated carbocycles. The van der Waals surface area contributed by atoms with Crippen molar-refractivity contribution >= 4 is 44.0 Å². The molecule has 2 aromatic heterocycles. The van der Waals surface area contributed by atoms with Crippen molar-refractivity contribution in [1.82, 2.24) is 9.88 Å². The van der Waals surface area contributed by atoms with Crippen LogP contribution in [0.3, 0.4) is 0 Å². The molecule has 1 aromatic carbocycles. The summed E-state index contributed by atoms with van der Waals surface area (Å²) in [5.41, 5.74) is 2.78. The second-order valence-corrected chi connectivity index (χ2v) is 8.02. The Hall–Kier alpha value is -1.43. The van der Waals surface area contributed by atoms with Gasteiger partial charge in [0.2, 0.25) is 0 Å². The van der Waals surface area contributed by atoms with Crippen LogP contribution in [-0.4, -0.2) is 29.3 Å². The molecular formula is C17H17BrN2OS. The Morgan fingerprint density at radius 2 is 2.05 bits per heavy atom. The highest BCUT2D eigenvalue weighted by Crippen LogP contribution is 2.24. The number of H-pyrrole nitrogens is 1. The Labute approximate surface area is 142 Å². The number of rotatable bonds is 5. The highest BCUT2D eigenvalue weighted by atomic mass is 79.9. The summed E-state index contributed by atoms with van der Waals surface area (Å²) in [7, 11) is 1.98. The molecule has 2 heterocycles. The van der Waals surface area contributed by atoms with Crippen molar-refractivity contribution in [3.8, 4) is 0 Å². The molecule has 0 unspecified atom stereocenters. The number of aromatic nitrogens is 1. The number of benzene rings is 1. The topological polar surface area (TPSA) is 36.1 Å². The zero-order valence-corrected chi connectivity index (χ0v) is 14.9. The van der Waals surface area contributed by atoms with Gasteiger partial charge in [-0.15, -0.1) is 11.3 Å². The van der Waals surface area contributed by atoms with E-state index in [9.17, 15) is 4.79 Å². The number of hydrogen-bond donors (Lipinski definition) is 1. The predicted octanol–water partition coefficient (Wildman–Crippen LogP) is 4.62. The minimum atomic E-state index is 0.160. The number of halogens is 1. The van der Waals surface area contributed by atoms with Crippen molar-refractivity contribution in [3.63, 3.8) is 0 Å². The third-order valence-electron chi connectivity index (χ3n) is 3.64. The average molecular weight is 377 g/mol. The first-order valence-corrected chi connectivity index (χ1v) is 8.69. The molecule has 0 bridgehead atoms. The van der Waals surface area contributed by atoms with Crippen molar-refractivity contribution in [2.24, 2.45) is 0 Å². The number of fused-ring (bicyclic) bond motifs is 1. The van der Waals surface area contributed by atoms with E-state index >= 15 is 0 Å². The van der Waals surface area contributed by atoms with Gasteiger partial charge in [0, 0.05) is 33.6 Å². The number of carbonyl (C=O) groups excluding carboxylic acids is 1. The number of nitrogens with zero attached hydrogens (tertiary/aromatic N) is 1. The van der Waals surface area contributed by atoms with Crippen molar-refractivity contribution in [2.45, 2.75) is 13.5 Å². The summed E-state index contributed by atoms with van der Waals surface area (Å²) in [6.07, 6.45) is 0. The molecule has 0 radical (unpaired) electrons. The van der Waals surface area contributed by atoms with Gasteiger partial charge in [-0.3, -0.25) is 9.69 Å². The average Bonchev–Trinajstić information content (AvgIpc) is 3.00. The SMILES string of the molecule is Cc1[nH]c2ccccc2c1C(=O)CN(C)Cc1ccc(Br)s1. The molecule has 0 atom stereocenters. The van der Waals surface area contributed by atoms with Crippen LogP contribution in [0.15, 0.2) is 40.2 Å². The van der Waals surface area contributed by atoms with E-state index in [2.05, 4.69) is 31.9 Å². The maximum atomic E-state index is 12.7. The number of Topliss-reactive ketones (excluding diaryl/α,β-unsaturated/α-hetero) is 1. The molecule has 0 aliphatic heterocycles. The maximum Gasteiger partial charge on any atom is 0.179 e. The molecule has 0 amide bonds. The molecule has 5 heteroatoms. The largest absolute Gasteiger partial charge is 0.358 e. The van der Waals surface area contributed by atoms with Gasteiger partial charge in [-0.05, 0) is 48.1 Å². The van der Waals surface area contributed by atoms with Gasteiger partial charge in [0.25, 0.3) is 0 Å². The minimum Gasteiger partial charge on any atom is -0.358 e. The van der Waals surface area contributed by atoms with Crippen LogP contribution in [0.1, 0.15) is 20.9 Å². The lowest BCUT2D eigenvalue weighted by molar-refractivity contribution is 0.0944. The normalized spacial score (nSPS) is 11.5. The first-order chi connectivity index (χ1) is 10.5. The van der Waals surface area contributed by atoms with Gasteiger partial charge in [-0.1, -0.05) is 18.2 Å². The molecule has 3 nitrogen and oxygen atoms in total. The number of nitrogens with one attached hydrogen (secondary N) is 1. The van der Waals surface area contributed by atoms with E-state index < -0.39 is 0 Å². The summed E-state index contributed by atoms with van der Waals surface area (Å²) in [6.45, 7) is 3.16. The Bertz CT molecular complexity index is 821. The van der Waals surface area contributed by atoms with Crippen molar-refractivity contribution in [1.29, 1.82) is 0 Å². The molecule has 1 N–H and O–H groups in total. The van der Waals surface area contributed by atoms with Gasteiger partial charge in [-0.2, -0.15) is 0 Å². The first-order valence-electron chi connectivity index (χ1n) is 7.08. The van der Waals surface area contributed by atoms with E-state index in [0.717, 1.165) is 32.5 Å². The van der Waals surface area contributed by atoms with Crippen LogP contribution in [-0.2, 0) is 6.54 Å². The van der Waals surface area contributed by atoms with Gasteiger partial charge >= 0.3 is 0 Å². The van der Waals surface area contributed by atoms with Crippen molar-refractivity contribution in [2.75, 3.05) is 13.6 Å². The summed E-state index contributed by atoms with van der Waals surface area (Å²) in [6, 6.07) is 12.1. The van der Waals surface area contributed by atoms with Crippen LogP contribution >= 0.6 is 27.3 Å². The Balaban J connectivity index is 1.77. The fourth-order valence-corrected chi connectivity index (χ4v) is 4.28. The lowest BCUT2D eigenvalue weighted by Crippen LogP contribution is -2.25. The van der Waals surface area contributed by atoms with Gasteiger partial charge in [0.05, 0.1) is 10.3 Å². The molecule has 0 spiro atoms. The monoisotopic (exact) mass is 376 g/mol. The third kappa shape index (κ3) is 3.16. The Morgan fingerprint density at radius 3 is 2.77 bits per heavy atom. The quantitative estimate of drug-likeness (QED) is 0.659. The van der Waals surface area contributed by atoms with Crippen LogP contribution in [0.4, 0.5) is 0 Å². The standard InChI is InChI=1S/C17H17BrN2OS/c1-11-17(13-5-3-4-6-14(13)19-11)15(21)10-20(2)9-12-7-8-16(18)22-12/h3-8,19H,9-10H2,1-2H3. The summed E-state index contributed by atoms with van der Waals surface area (Å²) in [4.78, 5) is 19.3. The van der Waals surface area contributed by atoms with Gasteiger partial charge in [-0.25, -0.2) is 0 Å². The number of hydrogen-bond acceptors (Lipinski definition) is 3. The smallest absolute Gasteiger partial charge is 0.179 e. The number of likely N-dealkylation sites (N-methyl/N-ethyl adjacent to an activating group) is 1. The molecule has 3 rings (SSSR count). The number of ketones is 1. The molecular weight excluding hydrogens is 360 g/mol. The molecule has 0 aliphatic carbocycles. The van der Waals surface area contributed by atoms with E-state index in [1.165, 1.54) is 4.88 Å². The molecule has 0 saturated heterocycles. The number of aryl methyl sites for hydroxylation is 1. The van der Waals surface area contributed by atoms with E-state index in [1.807, 2.05) is 44.3 Å². The van der Waals surface area contributed by atoms with E-state index in [0.29, 0.717) is 6.54 Å². The molecule has 0 fully saturated rings. The van der Waals surface area contributed by atoms with Gasteiger partial charge in [0.1, 0.15) is 0 Å². The minimum absolute atomic E-state index is 0.160. The highest BCUT2D eigenvalue weighted by Gasteiger charge is 2.17. The molecule has 3 aromatic rings. The predicted molar refractivity (Wildman–Crippen MR) is 95.7 cm³/mol. The number of para-hydroxylation sites is 1. The van der Waals surface area contributed by atoms with Gasteiger partial charge in [0.15, 0.2) is 5.78 Å². The maximum absolute atomic E-state index is 12.7. The van der Waals surface area contributed by atoms with Crippen LogP contribution in [0.25, 0.3) is 10.9 Å². The van der Waals surface area contributed by atoms with Crippen LogP contribution in [0.2, 0.25) is 0 Å². The summed E-state index contributed by atoms with van der Waals surface area (Å²) in [5, 5.41) is 1.01. The van der Waals surface area contributed by atoms with Crippen molar-refractivity contribution in [3.05, 3.63) is 56.3 Å². The first kappa shape index (κ1) is 15.5. The van der Waals surface area contributed by atoms with E-state index in [1.54, 1.807) is 11.3 Å². The van der Waals surface area contributed by atoms with Crippen LogP contribution < -0.4 is 0 Å². The van der Waals surface area contributed by atoms with E-state index in [-0.39, 0.29) is 5.78 Å². The van der Waals surface area contributed by atoms with Crippen molar-refractivity contribution < 1.29 is 4.79 Å². The fraction of sp³-hybridized carbons (Fsp3) is 0.235. The second-order valence-electron chi connectivity index (χ2n) is 5.47. The number of thiophene rings is 1. The lowest BCUT2D eigenvalue weighted by Gasteiger charge is -2.14. The lowest BCUT2D eigenvalue weighted by atomic mass is 10.1. The van der Waals surface area contributed by atoms with E-state index in [4.69, 9.17) is 0 Å². The number of aromatic amines is 1. The van der Waals surface area contributed by atoms with Gasteiger partial charge < -0.3 is 4.98 Å². The van der Waals surface area contributed by atoms with Crippen LogP contribution in [0, 0.1) is 6.92 Å². The summed E-state index contributed by atoms with van der Waals surface area (Å²) in [5.74, 6) is 0.160. The van der Waals surface area contributed by atoms with Crippen LogP contribution in [0.5, 0.6) is 0 Å². The fourth-order valence-electron chi connectivity index (χ4n) is 2.72. The third-order valence-corrected chi connectivity index (χ3v) is 5.25. The molecule has 114 valence electrons.